The Morgan fingerprint density at radius 1 is 1.30 bits per heavy atom. The molecule has 1 saturated heterocycles. The number of guanidine groups is 1. The fraction of sp³-hybridized carbons (Fsp3) is 0.762. The second-order valence-electron chi connectivity index (χ2n) is 8.34. The van der Waals surface area contributed by atoms with E-state index < -0.39 is 10.0 Å². The fourth-order valence-corrected chi connectivity index (χ4v) is 5.79. The van der Waals surface area contributed by atoms with E-state index >= 15 is 0 Å². The van der Waals surface area contributed by atoms with E-state index in [-0.39, 0.29) is 41.3 Å². The topological polar surface area (TPSA) is 86.9 Å². The lowest BCUT2D eigenvalue weighted by Crippen LogP contribution is -2.54. The maximum atomic E-state index is 12.9. The van der Waals surface area contributed by atoms with E-state index in [2.05, 4.69) is 28.8 Å². The van der Waals surface area contributed by atoms with Gasteiger partial charge in [-0.25, -0.2) is 13.1 Å². The van der Waals surface area contributed by atoms with Crippen molar-refractivity contribution in [3.8, 4) is 0 Å². The molecule has 3 rings (SSSR count). The summed E-state index contributed by atoms with van der Waals surface area (Å²) in [5, 5.41) is 3.11. The summed E-state index contributed by atoms with van der Waals surface area (Å²) in [5.41, 5.74) is 0. The molecule has 2 fully saturated rings. The molecule has 2 unspecified atom stereocenters. The van der Waals surface area contributed by atoms with Gasteiger partial charge < -0.3 is 14.6 Å². The number of aliphatic imine (C=N–C) groups is 1. The zero-order chi connectivity index (χ0) is 20.7. The van der Waals surface area contributed by atoms with E-state index in [1.165, 1.54) is 0 Å². The average Bonchev–Trinajstić information content (AvgIpc) is 3.41. The van der Waals surface area contributed by atoms with E-state index in [1.807, 2.05) is 12.1 Å². The number of hydrogen-bond donors (Lipinski definition) is 2. The molecule has 0 aromatic carbocycles. The van der Waals surface area contributed by atoms with Crippen molar-refractivity contribution in [2.45, 2.75) is 82.5 Å². The highest BCUT2D eigenvalue weighted by Gasteiger charge is 2.34. The smallest absolute Gasteiger partial charge is 0.216 e. The van der Waals surface area contributed by atoms with Crippen LogP contribution in [0.4, 0.5) is 0 Å². The Hall–Kier alpha value is -0.810. The van der Waals surface area contributed by atoms with Crippen LogP contribution >= 0.6 is 24.0 Å². The largest absolute Gasteiger partial charge is 0.469 e. The summed E-state index contributed by atoms with van der Waals surface area (Å²) in [6.07, 6.45) is 9.12. The predicted octanol–water partition coefficient (Wildman–Crippen LogP) is 3.51. The Morgan fingerprint density at radius 2 is 2.07 bits per heavy atom. The van der Waals surface area contributed by atoms with Crippen LogP contribution in [0.1, 0.15) is 64.6 Å². The molecular weight excluding hydrogens is 515 g/mol. The van der Waals surface area contributed by atoms with Gasteiger partial charge in [0.25, 0.3) is 0 Å². The third-order valence-corrected chi connectivity index (χ3v) is 7.91. The molecule has 2 atom stereocenters. The molecular formula is C21H37IN4O3S. The quantitative estimate of drug-likeness (QED) is 0.293. The van der Waals surface area contributed by atoms with Crippen molar-refractivity contribution >= 4 is 40.0 Å². The van der Waals surface area contributed by atoms with Crippen LogP contribution in [-0.2, 0) is 16.4 Å². The number of rotatable bonds is 8. The summed E-state index contributed by atoms with van der Waals surface area (Å²) in [6, 6.07) is 4.24. The Balaban J connectivity index is 0.00000320. The Bertz CT molecular complexity index is 748. The van der Waals surface area contributed by atoms with E-state index in [0.717, 1.165) is 63.2 Å². The van der Waals surface area contributed by atoms with Crippen molar-refractivity contribution in [2.75, 3.05) is 19.6 Å². The van der Waals surface area contributed by atoms with Crippen molar-refractivity contribution in [3.05, 3.63) is 24.2 Å². The van der Waals surface area contributed by atoms with Gasteiger partial charge in [0.2, 0.25) is 10.0 Å². The zero-order valence-corrected chi connectivity index (χ0v) is 21.3. The molecule has 2 aliphatic rings. The second-order valence-corrected chi connectivity index (χ2v) is 10.3. The minimum Gasteiger partial charge on any atom is -0.469 e. The lowest BCUT2D eigenvalue weighted by atomic mass is 10.1. The van der Waals surface area contributed by atoms with Gasteiger partial charge in [0.1, 0.15) is 5.76 Å². The number of sulfonamides is 1. The lowest BCUT2D eigenvalue weighted by Gasteiger charge is -2.36. The minimum atomic E-state index is -3.31. The van der Waals surface area contributed by atoms with Crippen LogP contribution in [0.2, 0.25) is 0 Å². The van der Waals surface area contributed by atoms with Gasteiger partial charge in [-0.05, 0) is 51.2 Å². The summed E-state index contributed by atoms with van der Waals surface area (Å²) in [4.78, 5) is 6.91. The highest BCUT2D eigenvalue weighted by Crippen LogP contribution is 2.22. The lowest BCUT2D eigenvalue weighted by molar-refractivity contribution is 0.324. The van der Waals surface area contributed by atoms with Gasteiger partial charge in [-0.3, -0.25) is 4.99 Å². The van der Waals surface area contributed by atoms with Crippen LogP contribution in [0.15, 0.2) is 27.8 Å². The van der Waals surface area contributed by atoms with E-state index in [0.29, 0.717) is 19.5 Å². The molecule has 0 spiro atoms. The number of nitrogens with one attached hydrogen (secondary N) is 2. The van der Waals surface area contributed by atoms with Crippen molar-refractivity contribution in [2.24, 2.45) is 4.99 Å². The summed E-state index contributed by atoms with van der Waals surface area (Å²) < 4.78 is 34.3. The standard InChI is InChI=1S/C21H36N4O3S.HI/c1-3-17(2)23-21(22-13-12-19-10-7-15-28-19)25-14-6-11-20(16-25)29(26,27)24-18-8-4-5-9-18;/h7,10,15,17-18,20,24H,3-6,8-9,11-14,16H2,1-2H3,(H,22,23);1H. The first-order chi connectivity index (χ1) is 14.0. The number of nitrogens with zero attached hydrogens (tertiary/aromatic N) is 2. The van der Waals surface area contributed by atoms with E-state index in [9.17, 15) is 8.42 Å². The molecule has 0 amide bonds. The van der Waals surface area contributed by atoms with Gasteiger partial charge in [-0.15, -0.1) is 24.0 Å². The second kappa shape index (κ2) is 12.3. The van der Waals surface area contributed by atoms with Crippen molar-refractivity contribution in [1.29, 1.82) is 0 Å². The van der Waals surface area contributed by atoms with Gasteiger partial charge in [0.15, 0.2) is 5.96 Å². The van der Waals surface area contributed by atoms with Crippen LogP contribution in [0.3, 0.4) is 0 Å². The van der Waals surface area contributed by atoms with E-state index in [1.54, 1.807) is 6.26 Å². The van der Waals surface area contributed by atoms with Crippen LogP contribution in [0, 0.1) is 0 Å². The molecule has 1 aliphatic carbocycles. The molecule has 1 aliphatic heterocycles. The van der Waals surface area contributed by atoms with Gasteiger partial charge in [0, 0.05) is 38.1 Å². The molecule has 0 bridgehead atoms. The molecule has 1 saturated carbocycles. The summed E-state index contributed by atoms with van der Waals surface area (Å²) >= 11 is 0. The SMILES string of the molecule is CCC(C)NC(=NCCc1ccco1)N1CCCC(S(=O)(=O)NC2CCCC2)C1.I. The van der Waals surface area contributed by atoms with Crippen LogP contribution < -0.4 is 10.0 Å². The van der Waals surface area contributed by atoms with Gasteiger partial charge >= 0.3 is 0 Å². The Labute approximate surface area is 198 Å². The van der Waals surface area contributed by atoms with Crippen molar-refractivity contribution < 1.29 is 12.8 Å². The predicted molar refractivity (Wildman–Crippen MR) is 132 cm³/mol. The third kappa shape index (κ3) is 7.40. The molecule has 9 heteroatoms. The number of furan rings is 1. The third-order valence-electron chi connectivity index (χ3n) is 5.99. The number of piperidine rings is 1. The first-order valence-corrected chi connectivity index (χ1v) is 12.6. The maximum Gasteiger partial charge on any atom is 0.216 e. The molecule has 172 valence electrons. The van der Waals surface area contributed by atoms with Crippen molar-refractivity contribution in [3.63, 3.8) is 0 Å². The van der Waals surface area contributed by atoms with Crippen LogP contribution in [0.5, 0.6) is 0 Å². The molecule has 1 aromatic heterocycles. The summed E-state index contributed by atoms with van der Waals surface area (Å²) in [6.45, 7) is 6.19. The maximum absolute atomic E-state index is 12.9. The zero-order valence-electron chi connectivity index (χ0n) is 18.2. The fourth-order valence-electron chi connectivity index (χ4n) is 4.04. The van der Waals surface area contributed by atoms with Crippen molar-refractivity contribution in [1.82, 2.24) is 14.9 Å². The first-order valence-electron chi connectivity index (χ1n) is 11.1. The Kier molecular flexibility index (Phi) is 10.4. The number of likely N-dealkylation sites (tertiary alicyclic amines) is 1. The normalized spacial score (nSPS) is 22.0. The molecule has 2 N–H and O–H groups in total. The number of hydrogen-bond acceptors (Lipinski definition) is 4. The molecule has 1 aromatic rings. The first kappa shape index (κ1) is 25.5. The summed E-state index contributed by atoms with van der Waals surface area (Å²) in [5.74, 6) is 1.73. The van der Waals surface area contributed by atoms with Crippen LogP contribution in [0.25, 0.3) is 0 Å². The molecule has 0 radical (unpaired) electrons. The van der Waals surface area contributed by atoms with E-state index in [4.69, 9.17) is 9.41 Å². The molecule has 7 nitrogen and oxygen atoms in total. The monoisotopic (exact) mass is 552 g/mol. The number of halogens is 1. The minimum absolute atomic E-state index is 0. The molecule has 30 heavy (non-hydrogen) atoms. The van der Waals surface area contributed by atoms with Gasteiger partial charge in [0.05, 0.1) is 11.5 Å². The van der Waals surface area contributed by atoms with Gasteiger partial charge in [-0.1, -0.05) is 19.8 Å². The highest BCUT2D eigenvalue weighted by atomic mass is 127. The Morgan fingerprint density at radius 3 is 2.73 bits per heavy atom. The molecule has 2 heterocycles. The highest BCUT2D eigenvalue weighted by molar-refractivity contribution is 14.0. The van der Waals surface area contributed by atoms with Crippen LogP contribution in [-0.4, -0.2) is 56.2 Å². The summed E-state index contributed by atoms with van der Waals surface area (Å²) in [7, 11) is -3.31. The van der Waals surface area contributed by atoms with Gasteiger partial charge in [-0.2, -0.15) is 0 Å². The average molecular weight is 553 g/mol.